The summed E-state index contributed by atoms with van der Waals surface area (Å²) in [5.41, 5.74) is 10.3. The molecule has 18 heavy (non-hydrogen) atoms. The zero-order chi connectivity index (χ0) is 12.4. The lowest BCUT2D eigenvalue weighted by atomic mass is 10.1. The normalized spacial score (nSPS) is 15.5. The quantitative estimate of drug-likeness (QED) is 0.891. The Balaban J connectivity index is 1.75. The number of para-hydroxylation sites is 1. The van der Waals surface area contributed by atoms with E-state index in [0.717, 1.165) is 19.5 Å². The van der Waals surface area contributed by atoms with Crippen LogP contribution in [-0.2, 0) is 6.42 Å². The second-order valence-electron chi connectivity index (χ2n) is 4.84. The average molecular weight is 238 g/mol. The molecule has 2 aromatic rings. The van der Waals surface area contributed by atoms with Crippen molar-refractivity contribution >= 4 is 5.69 Å². The minimum atomic E-state index is 0.0809. The van der Waals surface area contributed by atoms with Gasteiger partial charge in [-0.15, -0.1) is 0 Å². The van der Waals surface area contributed by atoms with Crippen LogP contribution in [0.4, 0.5) is 5.69 Å². The van der Waals surface area contributed by atoms with Gasteiger partial charge in [0.1, 0.15) is 0 Å². The number of hydrogen-bond donors (Lipinski definition) is 1. The molecule has 1 atom stereocenters. The number of nitrogens with two attached hydrogens (primary N) is 1. The van der Waals surface area contributed by atoms with Gasteiger partial charge in [0.2, 0.25) is 0 Å². The Morgan fingerprint density at radius 1 is 1.00 bits per heavy atom. The Bertz CT molecular complexity index is 522. The molecule has 2 nitrogen and oxygen atoms in total. The minimum Gasteiger partial charge on any atom is -0.369 e. The number of hydrogen-bond acceptors (Lipinski definition) is 2. The summed E-state index contributed by atoms with van der Waals surface area (Å²) in [6, 6.07) is 19.0. The summed E-state index contributed by atoms with van der Waals surface area (Å²) in [6.07, 6.45) is 1.14. The third kappa shape index (κ3) is 2.12. The van der Waals surface area contributed by atoms with Crippen molar-refractivity contribution in [2.75, 3.05) is 18.0 Å². The maximum atomic E-state index is 6.29. The van der Waals surface area contributed by atoms with E-state index in [-0.39, 0.29) is 6.04 Å². The summed E-state index contributed by atoms with van der Waals surface area (Å²) in [4.78, 5) is 2.40. The predicted molar refractivity (Wildman–Crippen MR) is 75.7 cm³/mol. The van der Waals surface area contributed by atoms with Crippen molar-refractivity contribution in [2.45, 2.75) is 12.5 Å². The lowest BCUT2D eigenvalue weighted by Gasteiger charge is -2.23. The van der Waals surface area contributed by atoms with Gasteiger partial charge in [-0.05, 0) is 23.6 Å². The van der Waals surface area contributed by atoms with Crippen molar-refractivity contribution < 1.29 is 0 Å². The first-order valence-electron chi connectivity index (χ1n) is 6.48. The summed E-state index contributed by atoms with van der Waals surface area (Å²) in [5.74, 6) is 0. The highest BCUT2D eigenvalue weighted by Gasteiger charge is 2.20. The van der Waals surface area contributed by atoms with Crippen molar-refractivity contribution in [3.05, 3.63) is 65.7 Å². The maximum Gasteiger partial charge on any atom is 0.0473 e. The van der Waals surface area contributed by atoms with Crippen LogP contribution < -0.4 is 10.6 Å². The van der Waals surface area contributed by atoms with Gasteiger partial charge in [-0.1, -0.05) is 48.5 Å². The van der Waals surface area contributed by atoms with Crippen molar-refractivity contribution in [2.24, 2.45) is 5.73 Å². The molecule has 1 heterocycles. The molecular formula is C16H18N2. The molecule has 0 spiro atoms. The molecule has 0 unspecified atom stereocenters. The van der Waals surface area contributed by atoms with Crippen LogP contribution in [0.3, 0.4) is 0 Å². The van der Waals surface area contributed by atoms with Crippen LogP contribution in [0.5, 0.6) is 0 Å². The van der Waals surface area contributed by atoms with Crippen LogP contribution in [-0.4, -0.2) is 13.1 Å². The summed E-state index contributed by atoms with van der Waals surface area (Å²) < 4.78 is 0. The lowest BCUT2D eigenvalue weighted by Crippen LogP contribution is -2.30. The summed E-state index contributed by atoms with van der Waals surface area (Å²) in [5, 5.41) is 0. The van der Waals surface area contributed by atoms with Crippen LogP contribution in [0.25, 0.3) is 0 Å². The molecule has 0 saturated heterocycles. The minimum absolute atomic E-state index is 0.0809. The summed E-state index contributed by atoms with van der Waals surface area (Å²) >= 11 is 0. The van der Waals surface area contributed by atoms with Crippen molar-refractivity contribution in [3.63, 3.8) is 0 Å². The zero-order valence-electron chi connectivity index (χ0n) is 10.4. The van der Waals surface area contributed by atoms with Gasteiger partial charge in [0.05, 0.1) is 0 Å². The monoisotopic (exact) mass is 238 g/mol. The molecule has 2 N–H and O–H groups in total. The van der Waals surface area contributed by atoms with Crippen molar-refractivity contribution in [3.8, 4) is 0 Å². The van der Waals surface area contributed by atoms with Gasteiger partial charge in [0, 0.05) is 24.8 Å². The number of benzene rings is 2. The molecule has 2 aromatic carbocycles. The number of nitrogens with zero attached hydrogens (tertiary/aromatic N) is 1. The van der Waals surface area contributed by atoms with E-state index < -0.39 is 0 Å². The van der Waals surface area contributed by atoms with Gasteiger partial charge in [0.25, 0.3) is 0 Å². The van der Waals surface area contributed by atoms with E-state index >= 15 is 0 Å². The van der Waals surface area contributed by atoms with E-state index in [4.69, 9.17) is 5.73 Å². The van der Waals surface area contributed by atoms with Gasteiger partial charge in [-0.25, -0.2) is 0 Å². The highest BCUT2D eigenvalue weighted by Crippen LogP contribution is 2.28. The van der Waals surface area contributed by atoms with Crippen molar-refractivity contribution in [1.29, 1.82) is 0 Å². The molecule has 0 aromatic heterocycles. The largest absolute Gasteiger partial charge is 0.369 e. The molecule has 3 rings (SSSR count). The molecule has 2 heteroatoms. The van der Waals surface area contributed by atoms with E-state index in [1.54, 1.807) is 0 Å². The first-order chi connectivity index (χ1) is 8.84. The van der Waals surface area contributed by atoms with E-state index in [2.05, 4.69) is 41.3 Å². The topological polar surface area (TPSA) is 29.3 Å². The van der Waals surface area contributed by atoms with Gasteiger partial charge in [0.15, 0.2) is 0 Å². The first-order valence-corrected chi connectivity index (χ1v) is 6.48. The van der Waals surface area contributed by atoms with E-state index in [0.29, 0.717) is 0 Å². The van der Waals surface area contributed by atoms with Gasteiger partial charge >= 0.3 is 0 Å². The predicted octanol–water partition coefficient (Wildman–Crippen LogP) is 2.75. The van der Waals surface area contributed by atoms with Crippen LogP contribution in [0.15, 0.2) is 54.6 Å². The molecule has 0 radical (unpaired) electrons. The standard InChI is InChI=1S/C16H18N2/c17-15(13-6-2-1-3-7-13)12-18-11-10-14-8-4-5-9-16(14)18/h1-9,15H,10-12,17H2/t15-/m0/s1. The van der Waals surface area contributed by atoms with Gasteiger partial charge < -0.3 is 10.6 Å². The second-order valence-corrected chi connectivity index (χ2v) is 4.84. The molecule has 0 bridgehead atoms. The molecule has 0 saturated carbocycles. The second kappa shape index (κ2) is 4.83. The highest BCUT2D eigenvalue weighted by atomic mass is 15.2. The van der Waals surface area contributed by atoms with Crippen LogP contribution in [0.1, 0.15) is 17.2 Å². The summed E-state index contributed by atoms with van der Waals surface area (Å²) in [7, 11) is 0. The number of anilines is 1. The Kier molecular flexibility index (Phi) is 3.03. The average Bonchev–Trinajstić information content (AvgIpc) is 2.83. The van der Waals surface area contributed by atoms with E-state index in [1.165, 1.54) is 16.8 Å². The summed E-state index contributed by atoms with van der Waals surface area (Å²) in [6.45, 7) is 1.97. The molecule has 0 fully saturated rings. The molecular weight excluding hydrogens is 220 g/mol. The third-order valence-corrected chi connectivity index (χ3v) is 3.63. The fraction of sp³-hybridized carbons (Fsp3) is 0.250. The molecule has 1 aliphatic rings. The SMILES string of the molecule is N[C@@H](CN1CCc2ccccc21)c1ccccc1. The molecule has 92 valence electrons. The maximum absolute atomic E-state index is 6.29. The highest BCUT2D eigenvalue weighted by molar-refractivity contribution is 5.58. The fourth-order valence-electron chi connectivity index (χ4n) is 2.64. The van der Waals surface area contributed by atoms with Crippen LogP contribution in [0, 0.1) is 0 Å². The Labute approximate surface area is 108 Å². The van der Waals surface area contributed by atoms with Gasteiger partial charge in [-0.2, -0.15) is 0 Å². The van der Waals surface area contributed by atoms with E-state index in [9.17, 15) is 0 Å². The van der Waals surface area contributed by atoms with Crippen LogP contribution >= 0.6 is 0 Å². The van der Waals surface area contributed by atoms with Crippen molar-refractivity contribution in [1.82, 2.24) is 0 Å². The Hall–Kier alpha value is -1.80. The number of rotatable bonds is 3. The molecule has 0 amide bonds. The first kappa shape index (κ1) is 11.3. The Morgan fingerprint density at radius 3 is 2.56 bits per heavy atom. The zero-order valence-corrected chi connectivity index (χ0v) is 10.4. The van der Waals surface area contributed by atoms with Crippen LogP contribution in [0.2, 0.25) is 0 Å². The smallest absolute Gasteiger partial charge is 0.0473 e. The lowest BCUT2D eigenvalue weighted by molar-refractivity contribution is 0.681. The molecule has 1 aliphatic heterocycles. The Morgan fingerprint density at radius 2 is 1.72 bits per heavy atom. The fourth-order valence-corrected chi connectivity index (χ4v) is 2.64. The molecule has 0 aliphatic carbocycles. The van der Waals surface area contributed by atoms with Gasteiger partial charge in [-0.3, -0.25) is 0 Å². The van der Waals surface area contributed by atoms with E-state index in [1.807, 2.05) is 18.2 Å². The number of fused-ring (bicyclic) bond motifs is 1. The third-order valence-electron chi connectivity index (χ3n) is 3.63.